The van der Waals surface area contributed by atoms with E-state index in [1.165, 1.54) is 25.9 Å². The molecule has 0 aromatic rings. The van der Waals surface area contributed by atoms with Crippen molar-refractivity contribution in [3.8, 4) is 0 Å². The van der Waals surface area contributed by atoms with E-state index in [9.17, 15) is 0 Å². The molecular formula is C6H11O+. The third-order valence-electron chi connectivity index (χ3n) is 2.20. The smallest absolute Gasteiger partial charge is 0.150 e. The van der Waals surface area contributed by atoms with Crippen molar-refractivity contribution in [1.82, 2.24) is 0 Å². The average molecular weight is 99.2 g/mol. The molecule has 0 atom stereocenters. The molecule has 0 aromatic carbocycles. The van der Waals surface area contributed by atoms with Gasteiger partial charge in [0, 0.05) is 11.8 Å². The summed E-state index contributed by atoms with van der Waals surface area (Å²) in [6, 6.07) is 0. The van der Waals surface area contributed by atoms with Gasteiger partial charge in [-0.15, -0.1) is 0 Å². The van der Waals surface area contributed by atoms with Crippen LogP contribution in [0.4, 0.5) is 0 Å². The molecule has 7 heavy (non-hydrogen) atoms. The molecule has 1 saturated heterocycles. The van der Waals surface area contributed by atoms with E-state index in [4.69, 9.17) is 0 Å². The highest BCUT2D eigenvalue weighted by Gasteiger charge is 2.49. The van der Waals surface area contributed by atoms with Crippen LogP contribution in [-0.4, -0.2) is 18.0 Å². The summed E-state index contributed by atoms with van der Waals surface area (Å²) in [6.07, 6.45) is 4.33. The Morgan fingerprint density at radius 2 is 2.00 bits per heavy atom. The van der Waals surface area contributed by atoms with Crippen molar-refractivity contribution in [2.75, 3.05) is 13.2 Å². The second-order valence-corrected chi connectivity index (χ2v) is 2.86. The molecule has 0 bridgehead atoms. The van der Waals surface area contributed by atoms with E-state index < -0.39 is 0 Å². The first-order chi connectivity index (χ1) is 3.41. The largest absolute Gasteiger partial charge is 0.433 e. The summed E-state index contributed by atoms with van der Waals surface area (Å²) in [5, 5.41) is 0. The summed E-state index contributed by atoms with van der Waals surface area (Å²) in [5.74, 6) is 0. The topological polar surface area (TPSA) is 12.8 Å². The first-order valence-electron chi connectivity index (χ1n) is 3.05. The van der Waals surface area contributed by atoms with Crippen LogP contribution in [-0.2, 0) is 0 Å². The Labute approximate surface area is 43.7 Å². The second-order valence-electron chi connectivity index (χ2n) is 2.86. The molecule has 2 fully saturated rings. The molecule has 1 saturated carbocycles. The van der Waals surface area contributed by atoms with Crippen molar-refractivity contribution >= 4 is 0 Å². The Balaban J connectivity index is 2.07. The predicted molar refractivity (Wildman–Crippen MR) is 28.2 cm³/mol. The van der Waals surface area contributed by atoms with Gasteiger partial charge in [-0.05, 0) is 12.8 Å². The lowest BCUT2D eigenvalue weighted by atomic mass is 10.1. The van der Waals surface area contributed by atoms with Crippen molar-refractivity contribution in [1.29, 1.82) is 0 Å². The third-order valence-corrected chi connectivity index (χ3v) is 2.20. The molecule has 0 radical (unpaired) electrons. The molecule has 1 heterocycles. The zero-order valence-electron chi connectivity index (χ0n) is 4.48. The monoisotopic (exact) mass is 99.1 g/mol. The Hall–Kier alpha value is -0.0400. The first-order valence-corrected chi connectivity index (χ1v) is 3.05. The van der Waals surface area contributed by atoms with Crippen LogP contribution in [0.1, 0.15) is 19.3 Å². The molecule has 0 unspecified atom stereocenters. The van der Waals surface area contributed by atoms with Gasteiger partial charge in [0.2, 0.25) is 0 Å². The van der Waals surface area contributed by atoms with Crippen LogP contribution in [0.15, 0.2) is 0 Å². The van der Waals surface area contributed by atoms with Crippen LogP contribution in [0, 0.1) is 5.41 Å². The van der Waals surface area contributed by atoms with E-state index in [-0.39, 0.29) is 0 Å². The van der Waals surface area contributed by atoms with Gasteiger partial charge in [-0.2, -0.15) is 0 Å². The maximum Gasteiger partial charge on any atom is 0.150 e. The van der Waals surface area contributed by atoms with Crippen LogP contribution in [0.5, 0.6) is 0 Å². The maximum absolute atomic E-state index is 4.30. The second kappa shape index (κ2) is 1.03. The van der Waals surface area contributed by atoms with E-state index >= 15 is 0 Å². The molecule has 0 amide bonds. The van der Waals surface area contributed by atoms with Gasteiger partial charge < -0.3 is 4.74 Å². The van der Waals surface area contributed by atoms with Gasteiger partial charge in [-0.3, -0.25) is 0 Å². The van der Waals surface area contributed by atoms with E-state index in [0.29, 0.717) is 0 Å². The molecular weight excluding hydrogens is 88.1 g/mol. The van der Waals surface area contributed by atoms with Gasteiger partial charge >= 0.3 is 0 Å². The van der Waals surface area contributed by atoms with Crippen LogP contribution < -0.4 is 0 Å². The molecule has 1 N–H and O–H groups in total. The lowest BCUT2D eigenvalue weighted by Crippen LogP contribution is -1.97. The highest BCUT2D eigenvalue weighted by atomic mass is 16.5. The number of hydrogen-bond acceptors (Lipinski definition) is 0. The normalized spacial score (nSPS) is 34.3. The molecule has 1 heteroatoms. The molecule has 2 aliphatic rings. The molecule has 0 aromatic heterocycles. The van der Waals surface area contributed by atoms with Crippen molar-refractivity contribution in [2.24, 2.45) is 5.41 Å². The summed E-state index contributed by atoms with van der Waals surface area (Å²) < 4.78 is 4.30. The van der Waals surface area contributed by atoms with E-state index in [1.54, 1.807) is 0 Å². The van der Waals surface area contributed by atoms with Gasteiger partial charge in [-0.25, -0.2) is 0 Å². The lowest BCUT2D eigenvalue weighted by molar-refractivity contribution is -0.0000227. The Kier molecular flexibility index (Phi) is 0.571. The molecule has 1 nitrogen and oxygen atoms in total. The van der Waals surface area contributed by atoms with Gasteiger partial charge in [-0.1, -0.05) is 0 Å². The Morgan fingerprint density at radius 3 is 2.29 bits per heavy atom. The number of aliphatic hydroxyl groups is 2. The highest BCUT2D eigenvalue weighted by molar-refractivity contribution is 4.94. The van der Waals surface area contributed by atoms with E-state index in [1.807, 2.05) is 0 Å². The molecule has 1 spiro atoms. The van der Waals surface area contributed by atoms with E-state index in [0.717, 1.165) is 12.0 Å². The lowest BCUT2D eigenvalue weighted by Gasteiger charge is -1.90. The summed E-state index contributed by atoms with van der Waals surface area (Å²) in [6.45, 7) is 2.34. The summed E-state index contributed by atoms with van der Waals surface area (Å²) in [4.78, 5) is 0. The van der Waals surface area contributed by atoms with E-state index in [2.05, 4.69) is 4.74 Å². The minimum Gasteiger partial charge on any atom is -0.433 e. The third kappa shape index (κ3) is 0.480. The minimum atomic E-state index is 0.778. The minimum absolute atomic E-state index is 0.778. The van der Waals surface area contributed by atoms with Crippen LogP contribution in [0.25, 0.3) is 0 Å². The SMILES string of the molecule is C1CC2(CC2)C[OH+]1. The summed E-state index contributed by atoms with van der Waals surface area (Å²) >= 11 is 0. The Morgan fingerprint density at radius 1 is 1.14 bits per heavy atom. The summed E-state index contributed by atoms with van der Waals surface area (Å²) in [5.41, 5.74) is 0.778. The van der Waals surface area contributed by atoms with Crippen LogP contribution in [0.3, 0.4) is 0 Å². The zero-order valence-corrected chi connectivity index (χ0v) is 4.48. The average Bonchev–Trinajstić information content (AvgIpc) is 2.15. The molecule has 40 valence electrons. The van der Waals surface area contributed by atoms with Gasteiger partial charge in [0.1, 0.15) is 6.61 Å². The maximum atomic E-state index is 4.30. The number of rotatable bonds is 0. The van der Waals surface area contributed by atoms with Gasteiger partial charge in [0.05, 0.1) is 0 Å². The molecule has 1 aliphatic carbocycles. The number of hydrogen-bond donors (Lipinski definition) is 0. The predicted octanol–water partition coefficient (Wildman–Crippen LogP) is 0.698. The molecule has 1 aliphatic heterocycles. The quantitative estimate of drug-likeness (QED) is 0.396. The van der Waals surface area contributed by atoms with Crippen molar-refractivity contribution < 1.29 is 4.74 Å². The van der Waals surface area contributed by atoms with Crippen LogP contribution >= 0.6 is 0 Å². The molecule has 2 rings (SSSR count). The summed E-state index contributed by atoms with van der Waals surface area (Å²) in [7, 11) is 0. The van der Waals surface area contributed by atoms with Crippen molar-refractivity contribution in [2.45, 2.75) is 19.3 Å². The zero-order chi connectivity index (χ0) is 4.74. The standard InChI is InChI=1S/C6H10O/c1-2-6(1)3-4-7-5-6/h1-5H2/p+1. The van der Waals surface area contributed by atoms with Gasteiger partial charge in [0.15, 0.2) is 6.61 Å². The van der Waals surface area contributed by atoms with Crippen molar-refractivity contribution in [3.05, 3.63) is 0 Å². The van der Waals surface area contributed by atoms with Crippen molar-refractivity contribution in [3.63, 3.8) is 0 Å². The fraction of sp³-hybridized carbons (Fsp3) is 1.00. The van der Waals surface area contributed by atoms with Crippen LogP contribution in [0.2, 0.25) is 0 Å². The Bertz CT molecular complexity index is 76.2. The van der Waals surface area contributed by atoms with Gasteiger partial charge in [0.25, 0.3) is 0 Å². The first kappa shape index (κ1) is 3.90. The fourth-order valence-electron chi connectivity index (χ4n) is 1.30. The number of ether oxygens (including phenoxy) is 1. The highest BCUT2D eigenvalue weighted by Crippen LogP contribution is 2.50. The fourth-order valence-corrected chi connectivity index (χ4v) is 1.30.